The zero-order chi connectivity index (χ0) is 27.0. The summed E-state index contributed by atoms with van der Waals surface area (Å²) in [6, 6.07) is 15.3. The van der Waals surface area contributed by atoms with E-state index in [2.05, 4.69) is 4.99 Å². The van der Waals surface area contributed by atoms with Gasteiger partial charge in [-0.15, -0.1) is 0 Å². The van der Waals surface area contributed by atoms with Gasteiger partial charge >= 0.3 is 5.97 Å². The second kappa shape index (κ2) is 10.6. The van der Waals surface area contributed by atoms with Gasteiger partial charge in [-0.1, -0.05) is 52.7 Å². The molecule has 5 rings (SSSR count). The first kappa shape index (κ1) is 26.0. The predicted molar refractivity (Wildman–Crippen MR) is 148 cm³/mol. The van der Waals surface area contributed by atoms with Crippen molar-refractivity contribution in [2.75, 3.05) is 13.7 Å². The van der Waals surface area contributed by atoms with Crippen LogP contribution in [0.3, 0.4) is 0 Å². The minimum Gasteiger partial charge on any atom is -0.497 e. The number of thiazole rings is 1. The van der Waals surface area contributed by atoms with Crippen LogP contribution in [0.2, 0.25) is 10.0 Å². The van der Waals surface area contributed by atoms with Gasteiger partial charge in [-0.2, -0.15) is 0 Å². The van der Waals surface area contributed by atoms with E-state index in [-0.39, 0.29) is 12.2 Å². The summed E-state index contributed by atoms with van der Waals surface area (Å²) in [7, 11) is 1.58. The van der Waals surface area contributed by atoms with Crippen molar-refractivity contribution in [3.63, 3.8) is 0 Å². The molecule has 38 heavy (non-hydrogen) atoms. The summed E-state index contributed by atoms with van der Waals surface area (Å²) in [5.41, 5.74) is 1.88. The molecule has 0 saturated carbocycles. The number of aromatic nitrogens is 1. The Labute approximate surface area is 231 Å². The van der Waals surface area contributed by atoms with Crippen molar-refractivity contribution in [3.8, 4) is 17.1 Å². The highest BCUT2D eigenvalue weighted by atomic mass is 35.5. The quantitative estimate of drug-likeness (QED) is 0.292. The van der Waals surface area contributed by atoms with E-state index in [1.165, 1.54) is 15.9 Å². The molecular weight excluding hydrogens is 547 g/mol. The number of rotatable bonds is 6. The van der Waals surface area contributed by atoms with E-state index in [1.807, 2.05) is 12.1 Å². The maximum atomic E-state index is 13.7. The predicted octanol–water partition coefficient (Wildman–Crippen LogP) is 5.37. The van der Waals surface area contributed by atoms with Crippen molar-refractivity contribution in [2.45, 2.75) is 19.9 Å². The largest absolute Gasteiger partial charge is 0.497 e. The van der Waals surface area contributed by atoms with Gasteiger partial charge in [-0.25, -0.2) is 9.79 Å². The van der Waals surface area contributed by atoms with Crippen LogP contribution in [0.4, 0.5) is 0 Å². The summed E-state index contributed by atoms with van der Waals surface area (Å²) in [4.78, 5) is 31.8. The van der Waals surface area contributed by atoms with Gasteiger partial charge in [0.25, 0.3) is 5.56 Å². The number of furan rings is 1. The second-order valence-electron chi connectivity index (χ2n) is 8.38. The van der Waals surface area contributed by atoms with Crippen molar-refractivity contribution in [3.05, 3.63) is 107 Å². The highest BCUT2D eigenvalue weighted by Gasteiger charge is 2.33. The fourth-order valence-electron chi connectivity index (χ4n) is 4.29. The van der Waals surface area contributed by atoms with Crippen LogP contribution in [-0.4, -0.2) is 24.3 Å². The van der Waals surface area contributed by atoms with Crippen molar-refractivity contribution in [1.82, 2.24) is 4.57 Å². The molecule has 0 amide bonds. The van der Waals surface area contributed by atoms with Crippen LogP contribution >= 0.6 is 34.5 Å². The molecule has 0 fully saturated rings. The van der Waals surface area contributed by atoms with Crippen LogP contribution < -0.4 is 19.6 Å². The topological polar surface area (TPSA) is 83.0 Å². The summed E-state index contributed by atoms with van der Waals surface area (Å²) in [6.45, 7) is 3.68. The Morgan fingerprint density at radius 3 is 2.63 bits per heavy atom. The molecule has 0 aliphatic carbocycles. The number of carbonyl (C=O) groups excluding carboxylic acids is 1. The van der Waals surface area contributed by atoms with Gasteiger partial charge in [0.05, 0.1) is 45.6 Å². The van der Waals surface area contributed by atoms with E-state index in [9.17, 15) is 9.59 Å². The lowest BCUT2D eigenvalue weighted by Crippen LogP contribution is -2.39. The summed E-state index contributed by atoms with van der Waals surface area (Å²) < 4.78 is 18.5. The van der Waals surface area contributed by atoms with Crippen LogP contribution in [0.1, 0.15) is 31.2 Å². The van der Waals surface area contributed by atoms with Crippen molar-refractivity contribution < 1.29 is 18.7 Å². The monoisotopic (exact) mass is 568 g/mol. The molecule has 1 unspecified atom stereocenters. The van der Waals surface area contributed by atoms with E-state index in [0.29, 0.717) is 53.5 Å². The average molecular weight is 569 g/mol. The number of hydrogen-bond donors (Lipinski definition) is 0. The van der Waals surface area contributed by atoms with Crippen LogP contribution in [-0.2, 0) is 9.53 Å². The Hall–Kier alpha value is -3.59. The van der Waals surface area contributed by atoms with E-state index >= 15 is 0 Å². The SMILES string of the molecule is CCOC(=O)C1=C(C)N=c2s/c(=C/c3ccc(-c4cccc(Cl)c4Cl)o3)c(=O)n2C1c1ccc(OC)cc1. The number of allylic oxidation sites excluding steroid dienone is 1. The molecule has 10 heteroatoms. The number of benzene rings is 2. The van der Waals surface area contributed by atoms with E-state index < -0.39 is 12.0 Å². The Morgan fingerprint density at radius 1 is 1.16 bits per heavy atom. The van der Waals surface area contributed by atoms with E-state index in [1.54, 1.807) is 69.5 Å². The molecule has 1 atom stereocenters. The molecule has 194 valence electrons. The van der Waals surface area contributed by atoms with Gasteiger partial charge in [0, 0.05) is 11.6 Å². The molecule has 0 spiro atoms. The number of nitrogens with zero attached hydrogens (tertiary/aromatic N) is 2. The molecular formula is C28H22Cl2N2O5S. The molecule has 3 heterocycles. The molecule has 2 aromatic heterocycles. The molecule has 4 aromatic rings. The van der Waals surface area contributed by atoms with Gasteiger partial charge < -0.3 is 13.9 Å². The summed E-state index contributed by atoms with van der Waals surface area (Å²) in [6.07, 6.45) is 1.65. The first-order valence-corrected chi connectivity index (χ1v) is 13.3. The molecule has 1 aliphatic rings. The Kier molecular flexibility index (Phi) is 7.29. The maximum absolute atomic E-state index is 13.7. The third-order valence-electron chi connectivity index (χ3n) is 6.07. The van der Waals surface area contributed by atoms with E-state index in [4.69, 9.17) is 37.1 Å². The molecule has 0 saturated heterocycles. The molecule has 0 bridgehead atoms. The van der Waals surface area contributed by atoms with Crippen LogP contribution in [0, 0.1) is 0 Å². The number of ether oxygens (including phenoxy) is 2. The lowest BCUT2D eigenvalue weighted by molar-refractivity contribution is -0.139. The first-order valence-electron chi connectivity index (χ1n) is 11.7. The first-order chi connectivity index (χ1) is 18.3. The number of esters is 1. The Balaban J connectivity index is 1.64. The van der Waals surface area contributed by atoms with Crippen LogP contribution in [0.15, 0.2) is 80.1 Å². The fourth-order valence-corrected chi connectivity index (χ4v) is 5.71. The van der Waals surface area contributed by atoms with Crippen LogP contribution in [0.5, 0.6) is 5.75 Å². The minimum atomic E-state index is -0.712. The normalized spacial score (nSPS) is 15.3. The van der Waals surface area contributed by atoms with Crippen molar-refractivity contribution in [2.24, 2.45) is 4.99 Å². The summed E-state index contributed by atoms with van der Waals surface area (Å²) in [5, 5.41) is 0.803. The third kappa shape index (κ3) is 4.71. The van der Waals surface area contributed by atoms with Crippen LogP contribution in [0.25, 0.3) is 17.4 Å². The number of halogens is 2. The van der Waals surface area contributed by atoms with E-state index in [0.717, 1.165) is 5.56 Å². The van der Waals surface area contributed by atoms with Gasteiger partial charge in [-0.3, -0.25) is 9.36 Å². The van der Waals surface area contributed by atoms with Gasteiger partial charge in [0.1, 0.15) is 17.3 Å². The number of fused-ring (bicyclic) bond motifs is 1. The Bertz CT molecular complexity index is 1750. The molecule has 0 radical (unpaired) electrons. The zero-order valence-corrected chi connectivity index (χ0v) is 23.0. The molecule has 0 N–H and O–H groups in total. The summed E-state index contributed by atoms with van der Waals surface area (Å²) >= 11 is 13.7. The lowest BCUT2D eigenvalue weighted by atomic mass is 9.96. The Morgan fingerprint density at radius 2 is 1.92 bits per heavy atom. The second-order valence-corrected chi connectivity index (χ2v) is 10.2. The van der Waals surface area contributed by atoms with Crippen molar-refractivity contribution in [1.29, 1.82) is 0 Å². The molecule has 7 nitrogen and oxygen atoms in total. The van der Waals surface area contributed by atoms with Crippen molar-refractivity contribution >= 4 is 46.6 Å². The molecule has 1 aliphatic heterocycles. The zero-order valence-electron chi connectivity index (χ0n) is 20.7. The van der Waals surface area contributed by atoms with Gasteiger partial charge in [0.15, 0.2) is 4.80 Å². The highest BCUT2D eigenvalue weighted by Crippen LogP contribution is 2.35. The standard InChI is InChI=1S/C28H22Cl2N2O5S/c1-4-36-27(34)23-15(2)31-28-32(25(23)16-8-10-17(35-3)11-9-16)26(33)22(38-28)14-18-12-13-21(37-18)19-6-5-7-20(29)24(19)30/h5-14,25H,4H2,1-3H3/b22-14+. The number of carbonyl (C=O) groups is 1. The summed E-state index contributed by atoms with van der Waals surface area (Å²) in [5.74, 6) is 1.13. The third-order valence-corrected chi connectivity index (χ3v) is 7.87. The number of methoxy groups -OCH3 is 1. The highest BCUT2D eigenvalue weighted by molar-refractivity contribution is 7.07. The van der Waals surface area contributed by atoms with Gasteiger partial charge in [0.2, 0.25) is 0 Å². The lowest BCUT2D eigenvalue weighted by Gasteiger charge is -2.24. The maximum Gasteiger partial charge on any atom is 0.338 e. The molecule has 2 aromatic carbocycles. The van der Waals surface area contributed by atoms with Gasteiger partial charge in [-0.05, 0) is 55.8 Å². The smallest absolute Gasteiger partial charge is 0.338 e. The average Bonchev–Trinajstić information content (AvgIpc) is 3.49. The fraction of sp³-hybridized carbons (Fsp3) is 0.179. The minimum absolute atomic E-state index is 0.201. The number of hydrogen-bond acceptors (Lipinski definition) is 7.